The Morgan fingerprint density at radius 3 is 2.68 bits per heavy atom. The molecule has 0 aliphatic rings. The average molecular weight is 334 g/mol. The van der Waals surface area contributed by atoms with Gasteiger partial charge in [-0.05, 0) is 12.1 Å². The lowest BCUT2D eigenvalue weighted by molar-refractivity contribution is -0.386. The molecule has 0 aliphatic heterocycles. The van der Waals surface area contributed by atoms with Crippen molar-refractivity contribution in [2.24, 2.45) is 0 Å². The van der Waals surface area contributed by atoms with Crippen molar-refractivity contribution in [1.29, 1.82) is 0 Å². The van der Waals surface area contributed by atoms with Crippen LogP contribution in [0.15, 0.2) is 22.7 Å². The molecule has 0 fully saturated rings. The summed E-state index contributed by atoms with van der Waals surface area (Å²) in [4.78, 5) is 21.2. The van der Waals surface area contributed by atoms with Crippen LogP contribution in [0.3, 0.4) is 0 Å². The highest BCUT2D eigenvalue weighted by Crippen LogP contribution is 2.30. The van der Waals surface area contributed by atoms with Gasteiger partial charge in [-0.3, -0.25) is 14.9 Å². The van der Waals surface area contributed by atoms with Gasteiger partial charge in [0.15, 0.2) is 0 Å². The Kier molecular flexibility index (Phi) is 5.40. The Balaban J connectivity index is 3.01. The molecular formula is C11H12BrNO6. The van der Waals surface area contributed by atoms with E-state index in [1.165, 1.54) is 18.2 Å². The van der Waals surface area contributed by atoms with Gasteiger partial charge in [0.1, 0.15) is 6.10 Å². The van der Waals surface area contributed by atoms with Crippen LogP contribution in [0.4, 0.5) is 5.69 Å². The first-order chi connectivity index (χ1) is 8.86. The van der Waals surface area contributed by atoms with Crippen LogP contribution in [0.1, 0.15) is 18.1 Å². The molecule has 2 atom stereocenters. The zero-order chi connectivity index (χ0) is 14.6. The Labute approximate surface area is 117 Å². The molecule has 1 rings (SSSR count). The van der Waals surface area contributed by atoms with Gasteiger partial charge in [-0.25, -0.2) is 0 Å². The van der Waals surface area contributed by atoms with E-state index in [2.05, 4.69) is 20.7 Å². The van der Waals surface area contributed by atoms with Gasteiger partial charge >= 0.3 is 5.97 Å². The second kappa shape index (κ2) is 6.60. The SMILES string of the molecule is COC(=O)CC(O)C(O)c1ccc(Br)cc1[N+](=O)[O-]. The molecule has 1 aromatic rings. The number of benzene rings is 1. The second-order valence-electron chi connectivity index (χ2n) is 3.75. The summed E-state index contributed by atoms with van der Waals surface area (Å²) in [6.07, 6.45) is -3.48. The molecule has 2 N–H and O–H groups in total. The molecule has 19 heavy (non-hydrogen) atoms. The Morgan fingerprint density at radius 2 is 2.16 bits per heavy atom. The predicted molar refractivity (Wildman–Crippen MR) is 68.4 cm³/mol. The lowest BCUT2D eigenvalue weighted by Gasteiger charge is -2.17. The fourth-order valence-electron chi connectivity index (χ4n) is 1.50. The standard InChI is InChI=1S/C11H12BrNO6/c1-19-10(15)5-9(14)11(16)7-3-2-6(12)4-8(7)13(17)18/h2-4,9,11,14,16H,5H2,1H3. The van der Waals surface area contributed by atoms with Crippen molar-refractivity contribution in [3.63, 3.8) is 0 Å². The molecule has 0 radical (unpaired) electrons. The Hall–Kier alpha value is -1.51. The molecule has 0 aromatic heterocycles. The number of hydrogen-bond donors (Lipinski definition) is 2. The summed E-state index contributed by atoms with van der Waals surface area (Å²) in [5.41, 5.74) is -0.407. The van der Waals surface area contributed by atoms with Crippen molar-refractivity contribution in [1.82, 2.24) is 0 Å². The lowest BCUT2D eigenvalue weighted by atomic mass is 10.0. The number of nitrogens with zero attached hydrogens (tertiary/aromatic N) is 1. The number of nitro groups is 1. The maximum Gasteiger partial charge on any atom is 0.308 e. The van der Waals surface area contributed by atoms with Crippen molar-refractivity contribution in [3.8, 4) is 0 Å². The monoisotopic (exact) mass is 333 g/mol. The number of aliphatic hydroxyl groups excluding tert-OH is 2. The third-order valence-corrected chi connectivity index (χ3v) is 2.97. The zero-order valence-corrected chi connectivity index (χ0v) is 11.5. The number of nitro benzene ring substituents is 1. The molecule has 2 unspecified atom stereocenters. The summed E-state index contributed by atoms with van der Waals surface area (Å²) in [6, 6.07) is 4.02. The molecule has 104 valence electrons. The molecule has 0 heterocycles. The van der Waals surface area contributed by atoms with Gasteiger partial charge in [0.05, 0.1) is 30.1 Å². The molecule has 0 saturated carbocycles. The largest absolute Gasteiger partial charge is 0.469 e. The fourth-order valence-corrected chi connectivity index (χ4v) is 1.85. The minimum Gasteiger partial charge on any atom is -0.469 e. The average Bonchev–Trinajstić information content (AvgIpc) is 2.37. The van der Waals surface area contributed by atoms with E-state index < -0.39 is 29.5 Å². The summed E-state index contributed by atoms with van der Waals surface area (Å²) in [5, 5.41) is 30.4. The van der Waals surface area contributed by atoms with E-state index in [4.69, 9.17) is 0 Å². The molecule has 0 spiro atoms. The summed E-state index contributed by atoms with van der Waals surface area (Å²) in [6.45, 7) is 0. The van der Waals surface area contributed by atoms with E-state index in [-0.39, 0.29) is 11.3 Å². The second-order valence-corrected chi connectivity index (χ2v) is 4.67. The maximum absolute atomic E-state index is 11.0. The quantitative estimate of drug-likeness (QED) is 0.477. The van der Waals surface area contributed by atoms with Crippen LogP contribution in [0.25, 0.3) is 0 Å². The highest BCUT2D eigenvalue weighted by Gasteiger charge is 2.28. The molecule has 1 aromatic carbocycles. The van der Waals surface area contributed by atoms with Crippen LogP contribution in [-0.4, -0.2) is 34.3 Å². The molecule has 0 saturated heterocycles. The number of ether oxygens (including phenoxy) is 1. The van der Waals surface area contributed by atoms with Gasteiger partial charge in [-0.15, -0.1) is 0 Å². The molecule has 7 nitrogen and oxygen atoms in total. The number of halogens is 1. The number of rotatable bonds is 5. The van der Waals surface area contributed by atoms with E-state index in [0.717, 1.165) is 7.11 Å². The molecule has 8 heteroatoms. The minimum absolute atomic E-state index is 0.0652. The predicted octanol–water partition coefficient (Wildman–Crippen LogP) is 1.31. The summed E-state index contributed by atoms with van der Waals surface area (Å²) in [5.74, 6) is -0.716. The Morgan fingerprint density at radius 1 is 1.53 bits per heavy atom. The first kappa shape index (κ1) is 15.5. The number of hydrogen-bond acceptors (Lipinski definition) is 6. The molecule has 0 aliphatic carbocycles. The van der Waals surface area contributed by atoms with Crippen molar-refractivity contribution in [2.75, 3.05) is 7.11 Å². The minimum atomic E-state index is -1.55. The Bertz CT molecular complexity index is 492. The van der Waals surface area contributed by atoms with Gasteiger partial charge in [0.2, 0.25) is 0 Å². The van der Waals surface area contributed by atoms with Gasteiger partial charge in [0, 0.05) is 10.5 Å². The van der Waals surface area contributed by atoms with E-state index in [1.54, 1.807) is 0 Å². The van der Waals surface area contributed by atoms with E-state index >= 15 is 0 Å². The first-order valence-corrected chi connectivity index (χ1v) is 6.03. The number of methoxy groups -OCH3 is 1. The number of aliphatic hydroxyl groups is 2. The topological polar surface area (TPSA) is 110 Å². The van der Waals surface area contributed by atoms with Crippen LogP contribution in [0, 0.1) is 10.1 Å². The zero-order valence-electron chi connectivity index (χ0n) is 9.95. The third-order valence-electron chi connectivity index (χ3n) is 2.48. The first-order valence-electron chi connectivity index (χ1n) is 5.23. The van der Waals surface area contributed by atoms with E-state index in [0.29, 0.717) is 4.47 Å². The van der Waals surface area contributed by atoms with Crippen molar-refractivity contribution >= 4 is 27.6 Å². The maximum atomic E-state index is 11.0. The highest BCUT2D eigenvalue weighted by atomic mass is 79.9. The fraction of sp³-hybridized carbons (Fsp3) is 0.364. The molecule has 0 amide bonds. The van der Waals surface area contributed by atoms with Gasteiger partial charge < -0.3 is 14.9 Å². The lowest BCUT2D eigenvalue weighted by Crippen LogP contribution is -2.23. The summed E-state index contributed by atoms with van der Waals surface area (Å²) in [7, 11) is 1.14. The van der Waals surface area contributed by atoms with Crippen LogP contribution in [-0.2, 0) is 9.53 Å². The van der Waals surface area contributed by atoms with Gasteiger partial charge in [0.25, 0.3) is 5.69 Å². The molecule has 0 bridgehead atoms. The smallest absolute Gasteiger partial charge is 0.308 e. The van der Waals surface area contributed by atoms with Gasteiger partial charge in [-0.1, -0.05) is 15.9 Å². The summed E-state index contributed by atoms with van der Waals surface area (Å²) >= 11 is 3.08. The number of esters is 1. The van der Waals surface area contributed by atoms with Crippen molar-refractivity contribution in [3.05, 3.63) is 38.3 Å². The van der Waals surface area contributed by atoms with Gasteiger partial charge in [-0.2, -0.15) is 0 Å². The van der Waals surface area contributed by atoms with E-state index in [9.17, 15) is 25.1 Å². The van der Waals surface area contributed by atoms with Crippen molar-refractivity contribution < 1.29 is 24.7 Å². The normalized spacial score (nSPS) is 13.7. The number of carbonyl (C=O) groups is 1. The van der Waals surface area contributed by atoms with Crippen LogP contribution in [0.2, 0.25) is 0 Å². The van der Waals surface area contributed by atoms with Crippen LogP contribution >= 0.6 is 15.9 Å². The van der Waals surface area contributed by atoms with Crippen LogP contribution in [0.5, 0.6) is 0 Å². The third kappa shape index (κ3) is 3.98. The van der Waals surface area contributed by atoms with Crippen molar-refractivity contribution in [2.45, 2.75) is 18.6 Å². The molecular weight excluding hydrogens is 322 g/mol. The highest BCUT2D eigenvalue weighted by molar-refractivity contribution is 9.10. The van der Waals surface area contributed by atoms with E-state index in [1.807, 2.05) is 0 Å². The summed E-state index contributed by atoms with van der Waals surface area (Å²) < 4.78 is 4.82. The van der Waals surface area contributed by atoms with Crippen LogP contribution < -0.4 is 0 Å². The number of carbonyl (C=O) groups excluding carboxylic acids is 1.